The summed E-state index contributed by atoms with van der Waals surface area (Å²) in [7, 11) is 0. The minimum atomic E-state index is -4.14. The molecule has 0 spiro atoms. The number of halogens is 3. The lowest BCUT2D eigenvalue weighted by Crippen LogP contribution is -2.44. The molecule has 0 saturated carbocycles. The standard InChI is InChI=1S/C10H21F3N2/c1-7(2)15(6-10(11,12)13)5-8(3)9(4)14/h7-9H,5-6,14H2,1-4H3. The molecule has 2 N–H and O–H groups in total. The van der Waals surface area contributed by atoms with Crippen molar-refractivity contribution in [2.75, 3.05) is 13.1 Å². The molecule has 0 bridgehead atoms. The lowest BCUT2D eigenvalue weighted by atomic mass is 10.0. The van der Waals surface area contributed by atoms with Crippen molar-refractivity contribution in [2.45, 2.75) is 46.0 Å². The first-order valence-corrected chi connectivity index (χ1v) is 5.20. The van der Waals surface area contributed by atoms with E-state index >= 15 is 0 Å². The maximum atomic E-state index is 12.2. The van der Waals surface area contributed by atoms with Gasteiger partial charge in [0.2, 0.25) is 0 Å². The number of hydrogen-bond donors (Lipinski definition) is 1. The maximum absolute atomic E-state index is 12.2. The molecule has 0 saturated heterocycles. The Bertz CT molecular complexity index is 178. The molecular formula is C10H21F3N2. The van der Waals surface area contributed by atoms with Gasteiger partial charge >= 0.3 is 6.18 Å². The van der Waals surface area contributed by atoms with Gasteiger partial charge in [0.1, 0.15) is 0 Å². The predicted molar refractivity (Wildman–Crippen MR) is 55.6 cm³/mol. The first-order valence-electron chi connectivity index (χ1n) is 5.20. The molecule has 0 fully saturated rings. The van der Waals surface area contributed by atoms with Gasteiger partial charge in [0.05, 0.1) is 6.54 Å². The van der Waals surface area contributed by atoms with Crippen LogP contribution >= 0.6 is 0 Å². The molecule has 2 nitrogen and oxygen atoms in total. The Balaban J connectivity index is 4.29. The summed E-state index contributed by atoms with van der Waals surface area (Å²) >= 11 is 0. The normalized spacial score (nSPS) is 17.2. The van der Waals surface area contributed by atoms with Gasteiger partial charge in [0, 0.05) is 18.6 Å². The highest BCUT2D eigenvalue weighted by molar-refractivity contribution is 4.73. The summed E-state index contributed by atoms with van der Waals surface area (Å²) in [6.07, 6.45) is -4.14. The molecule has 0 aliphatic carbocycles. The van der Waals surface area contributed by atoms with Crippen LogP contribution in [0.25, 0.3) is 0 Å². The molecule has 2 unspecified atom stereocenters. The average Bonchev–Trinajstić information content (AvgIpc) is 1.99. The highest BCUT2D eigenvalue weighted by Crippen LogP contribution is 2.19. The van der Waals surface area contributed by atoms with E-state index in [1.807, 2.05) is 13.8 Å². The van der Waals surface area contributed by atoms with Crippen LogP contribution in [0.2, 0.25) is 0 Å². The van der Waals surface area contributed by atoms with Crippen LogP contribution in [0.4, 0.5) is 13.2 Å². The molecule has 15 heavy (non-hydrogen) atoms. The lowest BCUT2D eigenvalue weighted by Gasteiger charge is -2.31. The van der Waals surface area contributed by atoms with E-state index in [0.717, 1.165) is 0 Å². The first-order chi connectivity index (χ1) is 6.63. The van der Waals surface area contributed by atoms with Crippen molar-refractivity contribution < 1.29 is 13.2 Å². The Morgan fingerprint density at radius 2 is 1.60 bits per heavy atom. The summed E-state index contributed by atoms with van der Waals surface area (Å²) in [6, 6.07) is -0.202. The van der Waals surface area contributed by atoms with Gasteiger partial charge in [-0.15, -0.1) is 0 Å². The first kappa shape index (κ1) is 14.7. The minimum Gasteiger partial charge on any atom is -0.328 e. The summed E-state index contributed by atoms with van der Waals surface area (Å²) in [5, 5.41) is 0. The van der Waals surface area contributed by atoms with Crippen molar-refractivity contribution in [3.8, 4) is 0 Å². The van der Waals surface area contributed by atoms with Crippen LogP contribution < -0.4 is 5.73 Å². The number of hydrogen-bond acceptors (Lipinski definition) is 2. The molecular weight excluding hydrogens is 205 g/mol. The molecule has 0 rings (SSSR count). The average molecular weight is 226 g/mol. The van der Waals surface area contributed by atoms with Gasteiger partial charge in [-0.3, -0.25) is 4.90 Å². The van der Waals surface area contributed by atoms with E-state index < -0.39 is 12.7 Å². The third-order valence-electron chi connectivity index (χ3n) is 2.53. The van der Waals surface area contributed by atoms with Gasteiger partial charge in [-0.2, -0.15) is 13.2 Å². The van der Waals surface area contributed by atoms with Crippen molar-refractivity contribution in [2.24, 2.45) is 11.7 Å². The minimum absolute atomic E-state index is 0.0646. The van der Waals surface area contributed by atoms with E-state index in [0.29, 0.717) is 6.54 Å². The molecule has 0 radical (unpaired) electrons. The SMILES string of the molecule is CC(N)C(C)CN(CC(F)(F)F)C(C)C. The Kier molecular flexibility index (Phi) is 5.59. The summed E-state index contributed by atoms with van der Waals surface area (Å²) < 4.78 is 36.7. The fourth-order valence-electron chi connectivity index (χ4n) is 1.22. The van der Waals surface area contributed by atoms with E-state index in [-0.39, 0.29) is 18.0 Å². The van der Waals surface area contributed by atoms with Crippen molar-refractivity contribution in [3.05, 3.63) is 0 Å². The van der Waals surface area contributed by atoms with Crippen LogP contribution in [0, 0.1) is 5.92 Å². The molecule has 0 aromatic rings. The van der Waals surface area contributed by atoms with Crippen LogP contribution in [0.15, 0.2) is 0 Å². The molecule has 0 aliphatic rings. The fourth-order valence-corrected chi connectivity index (χ4v) is 1.22. The van der Waals surface area contributed by atoms with Crippen molar-refractivity contribution >= 4 is 0 Å². The van der Waals surface area contributed by atoms with Gasteiger partial charge in [-0.25, -0.2) is 0 Å². The van der Waals surface area contributed by atoms with Gasteiger partial charge in [-0.05, 0) is 26.7 Å². The lowest BCUT2D eigenvalue weighted by molar-refractivity contribution is -0.151. The van der Waals surface area contributed by atoms with E-state index in [1.54, 1.807) is 13.8 Å². The van der Waals surface area contributed by atoms with Crippen LogP contribution in [-0.2, 0) is 0 Å². The molecule has 92 valence electrons. The van der Waals surface area contributed by atoms with Crippen molar-refractivity contribution in [1.29, 1.82) is 0 Å². The highest BCUT2D eigenvalue weighted by atomic mass is 19.4. The largest absolute Gasteiger partial charge is 0.401 e. The number of nitrogens with two attached hydrogens (primary N) is 1. The number of rotatable bonds is 5. The van der Waals surface area contributed by atoms with E-state index in [2.05, 4.69) is 0 Å². The number of nitrogens with zero attached hydrogens (tertiary/aromatic N) is 1. The highest BCUT2D eigenvalue weighted by Gasteiger charge is 2.32. The number of alkyl halides is 3. The van der Waals surface area contributed by atoms with Crippen molar-refractivity contribution in [1.82, 2.24) is 4.90 Å². The van der Waals surface area contributed by atoms with E-state index in [1.165, 1.54) is 4.90 Å². The van der Waals surface area contributed by atoms with Crippen LogP contribution in [-0.4, -0.2) is 36.2 Å². The molecule has 0 amide bonds. The maximum Gasteiger partial charge on any atom is 0.401 e. The van der Waals surface area contributed by atoms with Gasteiger partial charge < -0.3 is 5.73 Å². The van der Waals surface area contributed by atoms with Gasteiger partial charge in [0.15, 0.2) is 0 Å². The zero-order chi connectivity index (χ0) is 12.2. The second-order valence-corrected chi connectivity index (χ2v) is 4.47. The van der Waals surface area contributed by atoms with Crippen molar-refractivity contribution in [3.63, 3.8) is 0 Å². The van der Waals surface area contributed by atoms with Crippen LogP contribution in [0.1, 0.15) is 27.7 Å². The Morgan fingerprint density at radius 3 is 1.87 bits per heavy atom. The van der Waals surface area contributed by atoms with E-state index in [4.69, 9.17) is 5.73 Å². The topological polar surface area (TPSA) is 29.3 Å². The second-order valence-electron chi connectivity index (χ2n) is 4.47. The molecule has 0 aromatic carbocycles. The molecule has 0 heterocycles. The molecule has 0 aliphatic heterocycles. The molecule has 2 atom stereocenters. The zero-order valence-corrected chi connectivity index (χ0v) is 9.80. The summed E-state index contributed by atoms with van der Waals surface area (Å²) in [6.45, 7) is 6.74. The Labute approximate surface area is 89.6 Å². The second kappa shape index (κ2) is 5.70. The van der Waals surface area contributed by atoms with Crippen LogP contribution in [0.3, 0.4) is 0 Å². The van der Waals surface area contributed by atoms with Gasteiger partial charge in [0.25, 0.3) is 0 Å². The van der Waals surface area contributed by atoms with Crippen LogP contribution in [0.5, 0.6) is 0 Å². The Morgan fingerprint density at radius 1 is 1.13 bits per heavy atom. The molecule has 0 aromatic heterocycles. The summed E-state index contributed by atoms with van der Waals surface area (Å²) in [4.78, 5) is 1.41. The predicted octanol–water partition coefficient (Wildman–Crippen LogP) is 2.24. The third kappa shape index (κ3) is 6.73. The Hall–Kier alpha value is -0.290. The third-order valence-corrected chi connectivity index (χ3v) is 2.53. The summed E-state index contributed by atoms with van der Waals surface area (Å²) in [5.41, 5.74) is 5.64. The smallest absolute Gasteiger partial charge is 0.328 e. The van der Waals surface area contributed by atoms with E-state index in [9.17, 15) is 13.2 Å². The summed E-state index contributed by atoms with van der Waals surface area (Å²) in [5.74, 6) is 0.0646. The zero-order valence-electron chi connectivity index (χ0n) is 9.80. The molecule has 5 heteroatoms. The quantitative estimate of drug-likeness (QED) is 0.779. The monoisotopic (exact) mass is 226 g/mol. The van der Waals surface area contributed by atoms with Gasteiger partial charge in [-0.1, -0.05) is 6.92 Å². The fraction of sp³-hybridized carbons (Fsp3) is 1.00.